The summed E-state index contributed by atoms with van der Waals surface area (Å²) in [5.74, 6) is 1.18. The molecule has 0 amide bonds. The quantitative estimate of drug-likeness (QED) is 0.871. The lowest BCUT2D eigenvalue weighted by atomic mass is 9.77. The highest BCUT2D eigenvalue weighted by Gasteiger charge is 2.39. The van der Waals surface area contributed by atoms with E-state index in [1.54, 1.807) is 6.07 Å². The SMILES string of the molecule is Cc1cc(N2CCCS2(=O)=O)ccc1-c1nc(C2(N)CCC2)no1.Cl. The maximum Gasteiger partial charge on any atom is 0.258 e. The topological polar surface area (TPSA) is 102 Å². The molecule has 1 aliphatic carbocycles. The predicted molar refractivity (Wildman–Crippen MR) is 97.2 cm³/mol. The average Bonchev–Trinajstić information content (AvgIpc) is 3.11. The summed E-state index contributed by atoms with van der Waals surface area (Å²) in [6.07, 6.45) is 3.49. The molecule has 136 valence electrons. The molecule has 1 aromatic heterocycles. The number of halogens is 1. The first-order chi connectivity index (χ1) is 11.4. The van der Waals surface area contributed by atoms with Crippen molar-refractivity contribution < 1.29 is 12.9 Å². The van der Waals surface area contributed by atoms with E-state index in [0.717, 1.165) is 30.4 Å². The molecule has 1 saturated carbocycles. The largest absolute Gasteiger partial charge is 0.334 e. The average molecular weight is 385 g/mol. The van der Waals surface area contributed by atoms with Crippen molar-refractivity contribution in [1.29, 1.82) is 0 Å². The van der Waals surface area contributed by atoms with Gasteiger partial charge in [-0.3, -0.25) is 4.31 Å². The van der Waals surface area contributed by atoms with Gasteiger partial charge in [0.2, 0.25) is 10.0 Å². The Morgan fingerprint density at radius 1 is 1.28 bits per heavy atom. The zero-order valence-corrected chi connectivity index (χ0v) is 15.6. The smallest absolute Gasteiger partial charge is 0.258 e. The van der Waals surface area contributed by atoms with Crippen molar-refractivity contribution in [1.82, 2.24) is 10.1 Å². The van der Waals surface area contributed by atoms with Gasteiger partial charge in [-0.25, -0.2) is 8.42 Å². The Labute approximate surface area is 153 Å². The van der Waals surface area contributed by atoms with Crippen molar-refractivity contribution in [2.24, 2.45) is 5.73 Å². The molecule has 2 fully saturated rings. The standard InChI is InChI=1S/C16H20N4O3S.ClH/c1-11-10-12(20-8-3-9-24(20,21)22)4-5-13(11)14-18-15(19-23-14)16(17)6-2-7-16;/h4-5,10H,2-3,6-9,17H2,1H3;1H. The van der Waals surface area contributed by atoms with Crippen LogP contribution >= 0.6 is 12.4 Å². The fraction of sp³-hybridized carbons (Fsp3) is 0.500. The van der Waals surface area contributed by atoms with Crippen LogP contribution in [0.2, 0.25) is 0 Å². The summed E-state index contributed by atoms with van der Waals surface area (Å²) in [6.45, 7) is 2.44. The van der Waals surface area contributed by atoms with Gasteiger partial charge in [-0.15, -0.1) is 12.4 Å². The van der Waals surface area contributed by atoms with Gasteiger partial charge < -0.3 is 10.3 Å². The molecule has 7 nitrogen and oxygen atoms in total. The van der Waals surface area contributed by atoms with E-state index in [1.807, 2.05) is 19.1 Å². The first kappa shape index (κ1) is 18.2. The first-order valence-electron chi connectivity index (χ1n) is 8.14. The number of sulfonamides is 1. The number of anilines is 1. The van der Waals surface area contributed by atoms with Crippen LogP contribution in [0.1, 0.15) is 37.1 Å². The van der Waals surface area contributed by atoms with Crippen LogP contribution in [-0.4, -0.2) is 30.9 Å². The molecule has 0 atom stereocenters. The first-order valence-corrected chi connectivity index (χ1v) is 9.74. The van der Waals surface area contributed by atoms with Crippen molar-refractivity contribution in [3.63, 3.8) is 0 Å². The second-order valence-electron chi connectivity index (χ2n) is 6.67. The summed E-state index contributed by atoms with van der Waals surface area (Å²) >= 11 is 0. The number of nitrogens with two attached hydrogens (primary N) is 1. The van der Waals surface area contributed by atoms with E-state index in [2.05, 4.69) is 10.1 Å². The molecule has 0 bridgehead atoms. The molecule has 0 unspecified atom stereocenters. The van der Waals surface area contributed by atoms with Crippen molar-refractivity contribution >= 4 is 28.1 Å². The number of aromatic nitrogens is 2. The number of rotatable bonds is 3. The molecule has 2 heterocycles. The van der Waals surface area contributed by atoms with E-state index in [9.17, 15) is 8.42 Å². The fourth-order valence-corrected chi connectivity index (χ4v) is 4.85. The van der Waals surface area contributed by atoms with E-state index >= 15 is 0 Å². The van der Waals surface area contributed by atoms with Crippen LogP contribution in [0.25, 0.3) is 11.5 Å². The lowest BCUT2D eigenvalue weighted by molar-refractivity contribution is 0.229. The van der Waals surface area contributed by atoms with Crippen LogP contribution in [0.4, 0.5) is 5.69 Å². The van der Waals surface area contributed by atoms with Gasteiger partial charge >= 0.3 is 0 Å². The van der Waals surface area contributed by atoms with E-state index in [-0.39, 0.29) is 18.2 Å². The summed E-state index contributed by atoms with van der Waals surface area (Å²) < 4.78 is 31.0. The van der Waals surface area contributed by atoms with Crippen molar-refractivity contribution in [2.75, 3.05) is 16.6 Å². The van der Waals surface area contributed by atoms with Crippen LogP contribution in [0.5, 0.6) is 0 Å². The second-order valence-corrected chi connectivity index (χ2v) is 8.69. The lowest BCUT2D eigenvalue weighted by Gasteiger charge is -2.34. The summed E-state index contributed by atoms with van der Waals surface area (Å²) in [6, 6.07) is 5.47. The molecule has 1 saturated heterocycles. The molecule has 1 aliphatic heterocycles. The minimum atomic E-state index is -3.18. The van der Waals surface area contributed by atoms with Crippen LogP contribution in [0.15, 0.2) is 22.7 Å². The van der Waals surface area contributed by atoms with Crippen molar-refractivity contribution in [3.05, 3.63) is 29.6 Å². The maximum atomic E-state index is 12.1. The summed E-state index contributed by atoms with van der Waals surface area (Å²) in [5, 5.41) is 4.03. The van der Waals surface area contributed by atoms with Crippen LogP contribution in [-0.2, 0) is 15.6 Å². The molecular weight excluding hydrogens is 364 g/mol. The van der Waals surface area contributed by atoms with Gasteiger partial charge in [0, 0.05) is 12.1 Å². The Hall–Kier alpha value is -1.64. The van der Waals surface area contributed by atoms with Crippen LogP contribution < -0.4 is 10.0 Å². The zero-order chi connectivity index (χ0) is 16.9. The van der Waals surface area contributed by atoms with Crippen molar-refractivity contribution in [2.45, 2.75) is 38.1 Å². The highest BCUT2D eigenvalue weighted by molar-refractivity contribution is 7.93. The molecule has 2 N–H and O–H groups in total. The maximum absolute atomic E-state index is 12.1. The Morgan fingerprint density at radius 2 is 2.04 bits per heavy atom. The molecular formula is C16H21ClN4O3S. The predicted octanol–water partition coefficient (Wildman–Crippen LogP) is 2.34. The highest BCUT2D eigenvalue weighted by atomic mass is 35.5. The zero-order valence-electron chi connectivity index (χ0n) is 13.9. The number of hydrogen-bond donors (Lipinski definition) is 1. The molecule has 1 aromatic carbocycles. The van der Waals surface area contributed by atoms with Gasteiger partial charge in [0.25, 0.3) is 5.89 Å². The van der Waals surface area contributed by atoms with Crippen molar-refractivity contribution in [3.8, 4) is 11.5 Å². The molecule has 0 radical (unpaired) electrons. The molecule has 0 spiro atoms. The number of benzene rings is 1. The highest BCUT2D eigenvalue weighted by Crippen LogP contribution is 2.38. The fourth-order valence-electron chi connectivity index (χ4n) is 3.29. The number of aryl methyl sites for hydroxylation is 1. The third-order valence-electron chi connectivity index (χ3n) is 4.94. The van der Waals surface area contributed by atoms with Gasteiger partial charge in [-0.2, -0.15) is 4.98 Å². The lowest BCUT2D eigenvalue weighted by Crippen LogP contribution is -2.44. The van der Waals surface area contributed by atoms with E-state index in [0.29, 0.717) is 30.4 Å². The summed E-state index contributed by atoms with van der Waals surface area (Å²) in [7, 11) is -3.18. The Morgan fingerprint density at radius 3 is 2.60 bits per heavy atom. The van der Waals surface area contributed by atoms with Gasteiger partial charge in [-0.1, -0.05) is 5.16 Å². The molecule has 2 aromatic rings. The van der Waals surface area contributed by atoms with Crippen LogP contribution in [0.3, 0.4) is 0 Å². The molecule has 25 heavy (non-hydrogen) atoms. The van der Waals surface area contributed by atoms with Gasteiger partial charge in [-0.05, 0) is 56.4 Å². The third kappa shape index (κ3) is 3.02. The van der Waals surface area contributed by atoms with Crippen LogP contribution in [0, 0.1) is 6.92 Å². The van der Waals surface area contributed by atoms with E-state index in [1.165, 1.54) is 4.31 Å². The minimum absolute atomic E-state index is 0. The van der Waals surface area contributed by atoms with Gasteiger partial charge in [0.1, 0.15) is 0 Å². The van der Waals surface area contributed by atoms with E-state index < -0.39 is 15.6 Å². The van der Waals surface area contributed by atoms with Gasteiger partial charge in [0.05, 0.1) is 17.0 Å². The second kappa shape index (κ2) is 6.26. The number of nitrogens with zero attached hydrogens (tertiary/aromatic N) is 3. The Bertz CT molecular complexity index is 893. The third-order valence-corrected chi connectivity index (χ3v) is 6.81. The summed E-state index contributed by atoms with van der Waals surface area (Å²) in [5.41, 5.74) is 8.15. The van der Waals surface area contributed by atoms with E-state index in [4.69, 9.17) is 10.3 Å². The molecule has 4 rings (SSSR count). The van der Waals surface area contributed by atoms with Gasteiger partial charge in [0.15, 0.2) is 5.82 Å². The Kier molecular flexibility index (Phi) is 4.55. The molecule has 9 heteroatoms. The summed E-state index contributed by atoms with van der Waals surface area (Å²) in [4.78, 5) is 4.46. The Balaban J connectivity index is 0.00000182. The minimum Gasteiger partial charge on any atom is -0.334 e. The normalized spacial score (nSPS) is 20.8. The molecule has 2 aliphatic rings. The number of hydrogen-bond acceptors (Lipinski definition) is 6. The monoisotopic (exact) mass is 384 g/mol.